The molecule has 0 heterocycles. The lowest BCUT2D eigenvalue weighted by Crippen LogP contribution is -2.15. The first-order valence-electron chi connectivity index (χ1n) is 5.12. The molecule has 1 aromatic rings. The molecule has 1 aliphatic rings. The second-order valence-corrected chi connectivity index (χ2v) is 4.46. The molecular formula is C12H12F2O2. The molecule has 1 saturated carbocycles. The van der Waals surface area contributed by atoms with Gasteiger partial charge in [0, 0.05) is 5.41 Å². The van der Waals surface area contributed by atoms with E-state index in [1.54, 1.807) is 13.0 Å². The zero-order chi connectivity index (χ0) is 11.9. The highest BCUT2D eigenvalue weighted by atomic mass is 19.2. The highest BCUT2D eigenvalue weighted by Crippen LogP contribution is 2.52. The van der Waals surface area contributed by atoms with Crippen LogP contribution >= 0.6 is 0 Å². The van der Waals surface area contributed by atoms with Gasteiger partial charge in [0.2, 0.25) is 0 Å². The third kappa shape index (κ3) is 1.79. The third-order valence-electron chi connectivity index (χ3n) is 3.09. The van der Waals surface area contributed by atoms with Gasteiger partial charge in [-0.1, -0.05) is 6.07 Å². The molecule has 2 rings (SSSR count). The number of carbonyl (C=O) groups is 1. The maximum Gasteiger partial charge on any atom is 0.304 e. The van der Waals surface area contributed by atoms with Crippen molar-refractivity contribution in [2.45, 2.75) is 31.6 Å². The second kappa shape index (κ2) is 3.54. The van der Waals surface area contributed by atoms with Crippen LogP contribution in [0.1, 0.15) is 30.4 Å². The molecule has 0 spiro atoms. The molecule has 1 aromatic carbocycles. The number of aliphatic carboxylic acids is 1. The number of aryl methyl sites for hydroxylation is 1. The van der Waals surface area contributed by atoms with Crippen molar-refractivity contribution in [2.24, 2.45) is 0 Å². The van der Waals surface area contributed by atoms with Gasteiger partial charge in [-0.25, -0.2) is 8.78 Å². The maximum atomic E-state index is 13.6. The fourth-order valence-corrected chi connectivity index (χ4v) is 2.09. The van der Waals surface area contributed by atoms with E-state index in [1.165, 1.54) is 0 Å². The predicted octanol–water partition coefficient (Wildman–Crippen LogP) is 2.78. The molecule has 0 bridgehead atoms. The SMILES string of the molecule is Cc1cc(F)c(F)c(C2(CC(=O)O)CC2)c1. The molecule has 0 unspecified atom stereocenters. The van der Waals surface area contributed by atoms with Gasteiger partial charge >= 0.3 is 5.97 Å². The standard InChI is InChI=1S/C12H12F2O2/c1-7-4-8(11(14)9(13)5-7)12(2-3-12)6-10(15)16/h4-5H,2-3,6H2,1H3,(H,15,16). The van der Waals surface area contributed by atoms with E-state index in [0.29, 0.717) is 18.4 Å². The van der Waals surface area contributed by atoms with Gasteiger partial charge in [0.25, 0.3) is 0 Å². The summed E-state index contributed by atoms with van der Waals surface area (Å²) in [5, 5.41) is 8.76. The Balaban J connectivity index is 2.44. The van der Waals surface area contributed by atoms with E-state index in [-0.39, 0.29) is 12.0 Å². The van der Waals surface area contributed by atoms with Gasteiger partial charge < -0.3 is 5.11 Å². The lowest BCUT2D eigenvalue weighted by Gasteiger charge is -2.15. The Labute approximate surface area is 91.9 Å². The van der Waals surface area contributed by atoms with Gasteiger partial charge in [-0.3, -0.25) is 4.79 Å². The normalized spacial score (nSPS) is 17.2. The number of rotatable bonds is 3. The molecule has 16 heavy (non-hydrogen) atoms. The molecule has 4 heteroatoms. The largest absolute Gasteiger partial charge is 0.481 e. The summed E-state index contributed by atoms with van der Waals surface area (Å²) in [5.41, 5.74) is 0.154. The Morgan fingerprint density at radius 2 is 2.06 bits per heavy atom. The van der Waals surface area contributed by atoms with E-state index in [2.05, 4.69) is 0 Å². The smallest absolute Gasteiger partial charge is 0.304 e. The van der Waals surface area contributed by atoms with Crippen LogP contribution in [0.15, 0.2) is 12.1 Å². The van der Waals surface area contributed by atoms with Crippen molar-refractivity contribution >= 4 is 5.97 Å². The molecular weight excluding hydrogens is 214 g/mol. The van der Waals surface area contributed by atoms with Crippen LogP contribution in [0, 0.1) is 18.6 Å². The van der Waals surface area contributed by atoms with Crippen LogP contribution in [0.2, 0.25) is 0 Å². The first-order valence-corrected chi connectivity index (χ1v) is 5.12. The lowest BCUT2D eigenvalue weighted by atomic mass is 9.90. The summed E-state index contributed by atoms with van der Waals surface area (Å²) in [5.74, 6) is -2.77. The lowest BCUT2D eigenvalue weighted by molar-refractivity contribution is -0.137. The third-order valence-corrected chi connectivity index (χ3v) is 3.09. The van der Waals surface area contributed by atoms with E-state index < -0.39 is 23.0 Å². The molecule has 0 aliphatic heterocycles. The van der Waals surface area contributed by atoms with Crippen LogP contribution < -0.4 is 0 Å². The van der Waals surface area contributed by atoms with Gasteiger partial charge in [-0.2, -0.15) is 0 Å². The van der Waals surface area contributed by atoms with E-state index in [4.69, 9.17) is 5.11 Å². The van der Waals surface area contributed by atoms with Crippen molar-refractivity contribution in [3.63, 3.8) is 0 Å². The number of hydrogen-bond acceptors (Lipinski definition) is 1. The molecule has 1 aliphatic carbocycles. The Hall–Kier alpha value is -1.45. The highest BCUT2D eigenvalue weighted by Gasteiger charge is 2.48. The van der Waals surface area contributed by atoms with Crippen molar-refractivity contribution in [1.82, 2.24) is 0 Å². The summed E-state index contributed by atoms with van der Waals surface area (Å²) in [4.78, 5) is 10.7. The number of benzene rings is 1. The molecule has 0 amide bonds. The monoisotopic (exact) mass is 226 g/mol. The molecule has 0 radical (unpaired) electrons. The first kappa shape index (κ1) is 11.0. The average Bonchev–Trinajstić information content (AvgIpc) is 2.91. The van der Waals surface area contributed by atoms with Gasteiger partial charge in [-0.05, 0) is 37.0 Å². The van der Waals surface area contributed by atoms with E-state index in [0.717, 1.165) is 6.07 Å². The van der Waals surface area contributed by atoms with E-state index in [1.807, 2.05) is 0 Å². The zero-order valence-electron chi connectivity index (χ0n) is 8.89. The molecule has 0 atom stereocenters. The van der Waals surface area contributed by atoms with Crippen molar-refractivity contribution in [3.05, 3.63) is 34.9 Å². The fourth-order valence-electron chi connectivity index (χ4n) is 2.09. The summed E-state index contributed by atoms with van der Waals surface area (Å²) < 4.78 is 26.8. The minimum Gasteiger partial charge on any atom is -0.481 e. The fraction of sp³-hybridized carbons (Fsp3) is 0.417. The Kier molecular flexibility index (Phi) is 2.45. The summed E-state index contributed by atoms with van der Waals surface area (Å²) in [7, 11) is 0. The molecule has 1 fully saturated rings. The summed E-state index contributed by atoms with van der Waals surface area (Å²) in [6, 6.07) is 2.67. The summed E-state index contributed by atoms with van der Waals surface area (Å²) in [6.07, 6.45) is 1.09. The van der Waals surface area contributed by atoms with Gasteiger partial charge in [-0.15, -0.1) is 0 Å². The average molecular weight is 226 g/mol. The molecule has 2 nitrogen and oxygen atoms in total. The highest BCUT2D eigenvalue weighted by molar-refractivity contribution is 5.70. The van der Waals surface area contributed by atoms with Crippen molar-refractivity contribution in [2.75, 3.05) is 0 Å². The zero-order valence-corrected chi connectivity index (χ0v) is 8.89. The van der Waals surface area contributed by atoms with Gasteiger partial charge in [0.05, 0.1) is 6.42 Å². The van der Waals surface area contributed by atoms with E-state index in [9.17, 15) is 13.6 Å². The summed E-state index contributed by atoms with van der Waals surface area (Å²) >= 11 is 0. The number of carboxylic acids is 1. The van der Waals surface area contributed by atoms with Crippen LogP contribution in [0.4, 0.5) is 8.78 Å². The number of carboxylic acid groups (broad SMARTS) is 1. The van der Waals surface area contributed by atoms with Gasteiger partial charge in [0.15, 0.2) is 11.6 Å². The minimum atomic E-state index is -0.973. The second-order valence-electron chi connectivity index (χ2n) is 4.46. The topological polar surface area (TPSA) is 37.3 Å². The van der Waals surface area contributed by atoms with Gasteiger partial charge in [0.1, 0.15) is 0 Å². The van der Waals surface area contributed by atoms with Crippen LogP contribution in [0.3, 0.4) is 0 Å². The van der Waals surface area contributed by atoms with Crippen LogP contribution in [-0.2, 0) is 10.2 Å². The van der Waals surface area contributed by atoms with Crippen molar-refractivity contribution < 1.29 is 18.7 Å². The number of hydrogen-bond donors (Lipinski definition) is 1. The number of halogens is 2. The molecule has 0 saturated heterocycles. The van der Waals surface area contributed by atoms with E-state index >= 15 is 0 Å². The van der Waals surface area contributed by atoms with Crippen LogP contribution in [0.5, 0.6) is 0 Å². The van der Waals surface area contributed by atoms with Crippen LogP contribution in [-0.4, -0.2) is 11.1 Å². The Morgan fingerprint density at radius 3 is 2.56 bits per heavy atom. The molecule has 1 N–H and O–H groups in total. The minimum absolute atomic E-state index is 0.132. The quantitative estimate of drug-likeness (QED) is 0.860. The molecule has 86 valence electrons. The van der Waals surface area contributed by atoms with Crippen molar-refractivity contribution in [1.29, 1.82) is 0 Å². The van der Waals surface area contributed by atoms with Crippen LogP contribution in [0.25, 0.3) is 0 Å². The van der Waals surface area contributed by atoms with Crippen molar-refractivity contribution in [3.8, 4) is 0 Å². The maximum absolute atomic E-state index is 13.6. The first-order chi connectivity index (χ1) is 7.44. The predicted molar refractivity (Wildman–Crippen MR) is 54.3 cm³/mol. The summed E-state index contributed by atoms with van der Waals surface area (Å²) in [6.45, 7) is 1.67. The Bertz CT molecular complexity index is 451. The molecule has 0 aromatic heterocycles. The Morgan fingerprint density at radius 1 is 1.44 bits per heavy atom.